The standard InChI is InChI=1S/C28H31N3O5S2/c1-28(2,3)31-38(34,35)25-15-19(18-7-11-23-20(14-18)12-13-36-23)6-10-22(25)24-16-29-26(37-24)17-4-8-21(9-5-17)30-27(32)33/h6-7,10-17,21,30-31H,4-5,8-9H2,1-3H3,(H,32,33)/t17-,21-. The number of nitrogens with zero attached hydrogens (tertiary/aromatic N) is 1. The van der Waals surface area contributed by atoms with Crippen molar-refractivity contribution in [2.75, 3.05) is 0 Å². The molecule has 10 heteroatoms. The van der Waals surface area contributed by atoms with Gasteiger partial charge in [-0.2, -0.15) is 0 Å². The summed E-state index contributed by atoms with van der Waals surface area (Å²) in [6, 6.07) is 13.2. The number of hydrogen-bond acceptors (Lipinski definition) is 6. The minimum absolute atomic E-state index is 0.0304. The largest absolute Gasteiger partial charge is 0.465 e. The topological polar surface area (TPSA) is 122 Å². The predicted molar refractivity (Wildman–Crippen MR) is 149 cm³/mol. The number of thiazole rings is 1. The van der Waals surface area contributed by atoms with Crippen LogP contribution in [0.25, 0.3) is 32.5 Å². The average Bonchev–Trinajstić information content (AvgIpc) is 3.52. The van der Waals surface area contributed by atoms with E-state index in [0.29, 0.717) is 5.56 Å². The molecule has 200 valence electrons. The number of aromatic nitrogens is 1. The maximum absolute atomic E-state index is 13.6. The first-order valence-corrected chi connectivity index (χ1v) is 14.9. The molecule has 1 aliphatic rings. The average molecular weight is 554 g/mol. The first-order valence-electron chi connectivity index (χ1n) is 12.6. The molecule has 1 aliphatic carbocycles. The molecule has 8 nitrogen and oxygen atoms in total. The monoisotopic (exact) mass is 553 g/mol. The predicted octanol–water partition coefficient (Wildman–Crippen LogP) is 6.59. The van der Waals surface area contributed by atoms with Gasteiger partial charge in [0.2, 0.25) is 10.0 Å². The number of sulfonamides is 1. The molecule has 0 spiro atoms. The zero-order chi connectivity index (χ0) is 27.1. The van der Waals surface area contributed by atoms with E-state index in [0.717, 1.165) is 57.7 Å². The normalized spacial score (nSPS) is 18.5. The second-order valence-electron chi connectivity index (χ2n) is 10.8. The molecule has 1 saturated carbocycles. The Kier molecular flexibility index (Phi) is 7.06. The van der Waals surface area contributed by atoms with Gasteiger partial charge in [-0.25, -0.2) is 22.9 Å². The van der Waals surface area contributed by atoms with Crippen LogP contribution in [0.3, 0.4) is 0 Å². The first-order chi connectivity index (χ1) is 18.0. The van der Waals surface area contributed by atoms with Crippen LogP contribution in [0.4, 0.5) is 4.79 Å². The van der Waals surface area contributed by atoms with E-state index < -0.39 is 21.7 Å². The van der Waals surface area contributed by atoms with E-state index in [1.807, 2.05) is 57.2 Å². The lowest BCUT2D eigenvalue weighted by molar-refractivity contribution is 0.185. The van der Waals surface area contributed by atoms with Crippen molar-refractivity contribution in [3.8, 4) is 21.6 Å². The highest BCUT2D eigenvalue weighted by molar-refractivity contribution is 7.89. The minimum atomic E-state index is -3.85. The Morgan fingerprint density at radius 3 is 2.47 bits per heavy atom. The Morgan fingerprint density at radius 2 is 1.76 bits per heavy atom. The Morgan fingerprint density at radius 1 is 1.05 bits per heavy atom. The van der Waals surface area contributed by atoms with Gasteiger partial charge >= 0.3 is 6.09 Å². The lowest BCUT2D eigenvalue weighted by Crippen LogP contribution is -2.40. The van der Waals surface area contributed by atoms with Crippen molar-refractivity contribution >= 4 is 38.4 Å². The van der Waals surface area contributed by atoms with Crippen LogP contribution < -0.4 is 10.0 Å². The minimum Gasteiger partial charge on any atom is -0.465 e. The molecule has 2 aromatic carbocycles. The fourth-order valence-corrected chi connectivity index (χ4v) is 7.85. The van der Waals surface area contributed by atoms with E-state index in [2.05, 4.69) is 15.0 Å². The Balaban J connectivity index is 1.50. The van der Waals surface area contributed by atoms with Crippen molar-refractivity contribution < 1.29 is 22.7 Å². The van der Waals surface area contributed by atoms with E-state index in [1.54, 1.807) is 18.5 Å². The Hall–Kier alpha value is -3.21. The van der Waals surface area contributed by atoms with Crippen molar-refractivity contribution in [1.82, 2.24) is 15.0 Å². The number of furan rings is 1. The van der Waals surface area contributed by atoms with E-state index in [1.165, 1.54) is 11.3 Å². The van der Waals surface area contributed by atoms with E-state index in [4.69, 9.17) is 9.52 Å². The third kappa shape index (κ3) is 5.77. The molecular weight excluding hydrogens is 522 g/mol. The summed E-state index contributed by atoms with van der Waals surface area (Å²) in [6.45, 7) is 5.46. The molecule has 38 heavy (non-hydrogen) atoms. The smallest absolute Gasteiger partial charge is 0.404 e. The third-order valence-electron chi connectivity index (χ3n) is 6.69. The van der Waals surface area contributed by atoms with Gasteiger partial charge in [0.05, 0.1) is 21.0 Å². The summed E-state index contributed by atoms with van der Waals surface area (Å²) in [5, 5.41) is 13.5. The van der Waals surface area contributed by atoms with Gasteiger partial charge in [-0.1, -0.05) is 18.2 Å². The lowest BCUT2D eigenvalue weighted by atomic mass is 9.86. The summed E-state index contributed by atoms with van der Waals surface area (Å²) in [5.41, 5.74) is 2.43. The van der Waals surface area contributed by atoms with Crippen LogP contribution in [0.15, 0.2) is 64.2 Å². The molecule has 3 N–H and O–H groups in total. The van der Waals surface area contributed by atoms with Crippen LogP contribution in [0.2, 0.25) is 0 Å². The molecule has 0 atom stereocenters. The number of carboxylic acid groups (broad SMARTS) is 1. The quantitative estimate of drug-likeness (QED) is 0.248. The van der Waals surface area contributed by atoms with E-state index in [9.17, 15) is 13.2 Å². The molecule has 0 aliphatic heterocycles. The van der Waals surface area contributed by atoms with Crippen LogP contribution >= 0.6 is 11.3 Å². The van der Waals surface area contributed by atoms with Gasteiger partial charge < -0.3 is 14.8 Å². The summed E-state index contributed by atoms with van der Waals surface area (Å²) < 4.78 is 35.5. The number of nitrogens with one attached hydrogen (secondary N) is 2. The highest BCUT2D eigenvalue weighted by Crippen LogP contribution is 2.40. The summed E-state index contributed by atoms with van der Waals surface area (Å²) in [6.07, 6.45) is 5.60. The number of amides is 1. The molecule has 2 aromatic heterocycles. The zero-order valence-electron chi connectivity index (χ0n) is 21.5. The summed E-state index contributed by atoms with van der Waals surface area (Å²) in [4.78, 5) is 16.6. The number of hydrogen-bond donors (Lipinski definition) is 3. The zero-order valence-corrected chi connectivity index (χ0v) is 23.2. The van der Waals surface area contributed by atoms with Gasteiger partial charge in [0.1, 0.15) is 5.58 Å². The van der Waals surface area contributed by atoms with Gasteiger partial charge in [0.15, 0.2) is 0 Å². The van der Waals surface area contributed by atoms with Crippen LogP contribution in [-0.2, 0) is 10.0 Å². The fourth-order valence-electron chi connectivity index (χ4n) is 4.99. The van der Waals surface area contributed by atoms with Crippen LogP contribution in [0.1, 0.15) is 57.4 Å². The number of carbonyl (C=O) groups is 1. The summed E-state index contributed by atoms with van der Waals surface area (Å²) in [7, 11) is -3.85. The fraction of sp³-hybridized carbons (Fsp3) is 0.357. The maximum Gasteiger partial charge on any atom is 0.404 e. The van der Waals surface area contributed by atoms with Gasteiger partial charge in [-0.3, -0.25) is 0 Å². The highest BCUT2D eigenvalue weighted by atomic mass is 32.2. The third-order valence-corrected chi connectivity index (χ3v) is 9.68. The molecule has 0 unspecified atom stereocenters. The van der Waals surface area contributed by atoms with Gasteiger partial charge in [0.25, 0.3) is 0 Å². The molecule has 4 aromatic rings. The molecule has 2 heterocycles. The SMILES string of the molecule is CC(C)(C)NS(=O)(=O)c1cc(-c2ccc3occc3c2)ccc1-c1cnc([C@H]2CC[C@H](NC(=O)O)CC2)s1. The van der Waals surface area contributed by atoms with E-state index in [-0.39, 0.29) is 16.9 Å². The van der Waals surface area contributed by atoms with Crippen molar-refractivity contribution in [3.05, 3.63) is 59.9 Å². The van der Waals surface area contributed by atoms with Crippen LogP contribution in [0, 0.1) is 0 Å². The number of benzene rings is 2. The summed E-state index contributed by atoms with van der Waals surface area (Å²) >= 11 is 1.51. The van der Waals surface area contributed by atoms with Crippen LogP contribution in [-0.4, -0.2) is 36.2 Å². The Labute approximate surface area is 226 Å². The molecule has 0 saturated heterocycles. The first kappa shape index (κ1) is 26.4. The van der Waals surface area contributed by atoms with Gasteiger partial charge in [0, 0.05) is 34.6 Å². The Bertz CT molecular complexity index is 1580. The molecule has 0 radical (unpaired) electrons. The molecule has 1 amide bonds. The van der Waals surface area contributed by atoms with Crippen molar-refractivity contribution in [2.24, 2.45) is 0 Å². The van der Waals surface area contributed by atoms with Crippen molar-refractivity contribution in [1.29, 1.82) is 0 Å². The number of rotatable bonds is 6. The summed E-state index contributed by atoms with van der Waals surface area (Å²) in [5.74, 6) is 0.231. The molecule has 5 rings (SSSR count). The van der Waals surface area contributed by atoms with Gasteiger partial charge in [-0.05, 0) is 81.8 Å². The molecular formula is C28H31N3O5S2. The second kappa shape index (κ2) is 10.2. The molecule has 0 bridgehead atoms. The van der Waals surface area contributed by atoms with Gasteiger partial charge in [-0.15, -0.1) is 11.3 Å². The molecule has 1 fully saturated rings. The highest BCUT2D eigenvalue weighted by Gasteiger charge is 2.29. The van der Waals surface area contributed by atoms with Crippen molar-refractivity contribution in [3.63, 3.8) is 0 Å². The van der Waals surface area contributed by atoms with E-state index >= 15 is 0 Å². The van der Waals surface area contributed by atoms with Crippen molar-refractivity contribution in [2.45, 2.75) is 68.8 Å². The van der Waals surface area contributed by atoms with Crippen LogP contribution in [0.5, 0.6) is 0 Å². The maximum atomic E-state index is 13.6. The number of fused-ring (bicyclic) bond motifs is 1. The second-order valence-corrected chi connectivity index (χ2v) is 13.5. The lowest BCUT2D eigenvalue weighted by Gasteiger charge is -2.27.